The van der Waals surface area contributed by atoms with Gasteiger partial charge in [0.15, 0.2) is 0 Å². The van der Waals surface area contributed by atoms with Crippen molar-refractivity contribution in [3.05, 3.63) is 82.9 Å². The highest BCUT2D eigenvalue weighted by Gasteiger charge is 2.16. The Hall–Kier alpha value is -2.87. The molecular weight excluding hydrogens is 308 g/mol. The zero-order chi connectivity index (χ0) is 18.0. The highest BCUT2D eigenvalue weighted by Crippen LogP contribution is 2.36. The molecule has 0 spiro atoms. The molecule has 0 amide bonds. The van der Waals surface area contributed by atoms with Crippen molar-refractivity contribution in [2.24, 2.45) is 0 Å². The number of benzene rings is 3. The minimum absolute atomic E-state index is 0.313. The molecule has 0 unspecified atom stereocenters. The largest absolute Gasteiger partial charge is 0.465 e. The Morgan fingerprint density at radius 3 is 1.96 bits per heavy atom. The van der Waals surface area contributed by atoms with E-state index in [4.69, 9.17) is 4.74 Å². The molecule has 3 aromatic rings. The first-order valence-corrected chi connectivity index (χ1v) is 8.38. The Kier molecular flexibility index (Phi) is 4.71. The van der Waals surface area contributed by atoms with Gasteiger partial charge in [0.25, 0.3) is 0 Å². The van der Waals surface area contributed by atoms with Crippen LogP contribution < -0.4 is 0 Å². The summed E-state index contributed by atoms with van der Waals surface area (Å²) in [5, 5.41) is 0. The number of carbonyl (C=O) groups excluding carboxylic acids is 1. The SMILES string of the molecule is COC(=O)c1ccccc1-c1cccc(-c2c(C)cccc2C)c1C. The van der Waals surface area contributed by atoms with Crippen LogP contribution in [0.3, 0.4) is 0 Å². The van der Waals surface area contributed by atoms with E-state index in [0.29, 0.717) is 5.56 Å². The smallest absolute Gasteiger partial charge is 0.338 e. The van der Waals surface area contributed by atoms with Crippen LogP contribution in [-0.4, -0.2) is 13.1 Å². The van der Waals surface area contributed by atoms with Crippen LogP contribution >= 0.6 is 0 Å². The van der Waals surface area contributed by atoms with Crippen LogP contribution in [0.15, 0.2) is 60.7 Å². The van der Waals surface area contributed by atoms with Gasteiger partial charge in [-0.15, -0.1) is 0 Å². The Bertz CT molecular complexity index is 918. The molecule has 25 heavy (non-hydrogen) atoms. The fourth-order valence-electron chi connectivity index (χ4n) is 3.44. The highest BCUT2D eigenvalue weighted by atomic mass is 16.5. The molecule has 2 heteroatoms. The van der Waals surface area contributed by atoms with E-state index >= 15 is 0 Å². The molecule has 0 aliphatic carbocycles. The van der Waals surface area contributed by atoms with Gasteiger partial charge in [-0.05, 0) is 65.8 Å². The summed E-state index contributed by atoms with van der Waals surface area (Å²) in [6.45, 7) is 6.39. The molecule has 0 N–H and O–H groups in total. The summed E-state index contributed by atoms with van der Waals surface area (Å²) in [6.07, 6.45) is 0. The Morgan fingerprint density at radius 2 is 1.28 bits per heavy atom. The number of hydrogen-bond donors (Lipinski definition) is 0. The maximum atomic E-state index is 12.2. The van der Waals surface area contributed by atoms with E-state index in [-0.39, 0.29) is 5.97 Å². The number of methoxy groups -OCH3 is 1. The molecule has 0 atom stereocenters. The number of rotatable bonds is 3. The second-order valence-corrected chi connectivity index (χ2v) is 6.28. The van der Waals surface area contributed by atoms with Crippen LogP contribution in [0.2, 0.25) is 0 Å². The molecule has 0 aliphatic heterocycles. The lowest BCUT2D eigenvalue weighted by Crippen LogP contribution is -2.04. The Labute approximate surface area is 149 Å². The van der Waals surface area contributed by atoms with Crippen molar-refractivity contribution in [1.29, 1.82) is 0 Å². The lowest BCUT2D eigenvalue weighted by molar-refractivity contribution is 0.0601. The predicted molar refractivity (Wildman–Crippen MR) is 103 cm³/mol. The summed E-state index contributed by atoms with van der Waals surface area (Å²) in [5.41, 5.74) is 8.68. The molecule has 3 aromatic carbocycles. The normalized spacial score (nSPS) is 10.6. The highest BCUT2D eigenvalue weighted by molar-refractivity contribution is 5.98. The Morgan fingerprint density at radius 1 is 0.720 bits per heavy atom. The third-order valence-corrected chi connectivity index (χ3v) is 4.71. The van der Waals surface area contributed by atoms with Crippen molar-refractivity contribution in [2.75, 3.05) is 7.11 Å². The second-order valence-electron chi connectivity index (χ2n) is 6.28. The van der Waals surface area contributed by atoms with Gasteiger partial charge in [-0.3, -0.25) is 0 Å². The molecule has 126 valence electrons. The Balaban J connectivity index is 2.24. The van der Waals surface area contributed by atoms with E-state index in [1.54, 1.807) is 0 Å². The number of esters is 1. The molecule has 2 nitrogen and oxygen atoms in total. The molecule has 0 heterocycles. The third kappa shape index (κ3) is 3.08. The first-order valence-electron chi connectivity index (χ1n) is 8.38. The van der Waals surface area contributed by atoms with E-state index in [9.17, 15) is 4.79 Å². The first kappa shape index (κ1) is 17.0. The molecule has 0 saturated heterocycles. The van der Waals surface area contributed by atoms with Crippen LogP contribution in [0, 0.1) is 20.8 Å². The van der Waals surface area contributed by atoms with Gasteiger partial charge in [-0.1, -0.05) is 54.6 Å². The summed E-state index contributed by atoms with van der Waals surface area (Å²) in [5.74, 6) is -0.313. The van der Waals surface area contributed by atoms with Crippen molar-refractivity contribution in [1.82, 2.24) is 0 Å². The summed E-state index contributed by atoms with van der Waals surface area (Å²) < 4.78 is 4.95. The molecule has 0 bridgehead atoms. The van der Waals surface area contributed by atoms with Crippen LogP contribution in [0.1, 0.15) is 27.0 Å². The number of ether oxygens (including phenoxy) is 1. The van der Waals surface area contributed by atoms with E-state index in [0.717, 1.165) is 16.7 Å². The van der Waals surface area contributed by atoms with E-state index in [1.165, 1.54) is 29.4 Å². The standard InChI is InChI=1S/C23H22O2/c1-15-9-7-10-16(2)22(15)19-14-8-13-18(17(19)3)20-11-5-6-12-21(20)23(24)25-4/h5-14H,1-4H3. The molecular formula is C23H22O2. The molecule has 0 radical (unpaired) electrons. The zero-order valence-corrected chi connectivity index (χ0v) is 15.1. The summed E-state index contributed by atoms with van der Waals surface area (Å²) in [4.78, 5) is 12.2. The van der Waals surface area contributed by atoms with Gasteiger partial charge < -0.3 is 4.74 Å². The van der Waals surface area contributed by atoms with Crippen molar-refractivity contribution in [3.63, 3.8) is 0 Å². The van der Waals surface area contributed by atoms with Gasteiger partial charge in [0.05, 0.1) is 12.7 Å². The van der Waals surface area contributed by atoms with E-state index in [1.807, 2.05) is 24.3 Å². The maximum Gasteiger partial charge on any atom is 0.338 e. The topological polar surface area (TPSA) is 26.3 Å². The summed E-state index contributed by atoms with van der Waals surface area (Å²) in [6, 6.07) is 20.2. The van der Waals surface area contributed by atoms with Gasteiger partial charge in [-0.2, -0.15) is 0 Å². The average Bonchev–Trinajstić information content (AvgIpc) is 2.62. The van der Waals surface area contributed by atoms with Crippen LogP contribution in [0.4, 0.5) is 0 Å². The monoisotopic (exact) mass is 330 g/mol. The number of aryl methyl sites for hydroxylation is 2. The maximum absolute atomic E-state index is 12.2. The van der Waals surface area contributed by atoms with Gasteiger partial charge in [0.1, 0.15) is 0 Å². The van der Waals surface area contributed by atoms with Gasteiger partial charge >= 0.3 is 5.97 Å². The molecule has 0 fully saturated rings. The fourth-order valence-corrected chi connectivity index (χ4v) is 3.44. The fraction of sp³-hybridized carbons (Fsp3) is 0.174. The van der Waals surface area contributed by atoms with Gasteiger partial charge in [-0.25, -0.2) is 4.79 Å². The molecule has 0 aromatic heterocycles. The number of hydrogen-bond acceptors (Lipinski definition) is 2. The van der Waals surface area contributed by atoms with Crippen molar-refractivity contribution in [3.8, 4) is 22.3 Å². The lowest BCUT2D eigenvalue weighted by Gasteiger charge is -2.17. The molecule has 3 rings (SSSR count). The minimum Gasteiger partial charge on any atom is -0.465 e. The van der Waals surface area contributed by atoms with Crippen molar-refractivity contribution >= 4 is 5.97 Å². The minimum atomic E-state index is -0.313. The van der Waals surface area contributed by atoms with Crippen LogP contribution in [0.5, 0.6) is 0 Å². The van der Waals surface area contributed by atoms with E-state index < -0.39 is 0 Å². The summed E-state index contributed by atoms with van der Waals surface area (Å²) >= 11 is 0. The lowest BCUT2D eigenvalue weighted by atomic mass is 9.87. The molecule has 0 saturated carbocycles. The zero-order valence-electron chi connectivity index (χ0n) is 15.1. The van der Waals surface area contributed by atoms with Crippen molar-refractivity contribution in [2.45, 2.75) is 20.8 Å². The van der Waals surface area contributed by atoms with E-state index in [2.05, 4.69) is 57.2 Å². The third-order valence-electron chi connectivity index (χ3n) is 4.71. The van der Waals surface area contributed by atoms with Crippen molar-refractivity contribution < 1.29 is 9.53 Å². The first-order chi connectivity index (χ1) is 12.0. The summed E-state index contributed by atoms with van der Waals surface area (Å²) in [7, 11) is 1.42. The van der Waals surface area contributed by atoms with Gasteiger partial charge in [0, 0.05) is 0 Å². The second kappa shape index (κ2) is 6.94. The predicted octanol–water partition coefficient (Wildman–Crippen LogP) is 5.73. The quantitative estimate of drug-likeness (QED) is 0.573. The average molecular weight is 330 g/mol. The van der Waals surface area contributed by atoms with Gasteiger partial charge in [0.2, 0.25) is 0 Å². The molecule has 0 aliphatic rings. The van der Waals surface area contributed by atoms with Crippen LogP contribution in [0.25, 0.3) is 22.3 Å². The number of carbonyl (C=O) groups is 1. The van der Waals surface area contributed by atoms with Crippen LogP contribution in [-0.2, 0) is 4.74 Å².